The second kappa shape index (κ2) is 13.0. The van der Waals surface area contributed by atoms with E-state index in [9.17, 15) is 37.5 Å². The third-order valence-electron chi connectivity index (χ3n) is 5.96. The van der Waals surface area contributed by atoms with Gasteiger partial charge in [-0.2, -0.15) is 13.2 Å². The average molecular weight is 584 g/mol. The molecule has 0 spiro atoms. The van der Waals surface area contributed by atoms with Crippen molar-refractivity contribution in [2.24, 2.45) is 0 Å². The molecule has 1 aliphatic rings. The monoisotopic (exact) mass is 583 g/mol. The molecule has 2 aromatic carbocycles. The SMILES string of the molecule is CC(C)NC(=O)Nc1ccc(C(F)(F)F)cc1C(=O)NCC(=O)N(Cc1ccc(Cl)c(C(=O)O)c1)N1CCCC1. The van der Waals surface area contributed by atoms with Crippen molar-refractivity contribution in [1.82, 2.24) is 20.7 Å². The van der Waals surface area contributed by atoms with E-state index < -0.39 is 47.7 Å². The molecule has 10 nitrogen and oxygen atoms in total. The van der Waals surface area contributed by atoms with Gasteiger partial charge < -0.3 is 21.1 Å². The predicted octanol–water partition coefficient (Wildman–Crippen LogP) is 4.36. The molecule has 3 rings (SSSR count). The summed E-state index contributed by atoms with van der Waals surface area (Å²) < 4.78 is 40.1. The van der Waals surface area contributed by atoms with Crippen LogP contribution in [0.4, 0.5) is 23.7 Å². The zero-order valence-electron chi connectivity index (χ0n) is 21.8. The lowest BCUT2D eigenvalue weighted by Crippen LogP contribution is -2.48. The number of hydrogen-bond donors (Lipinski definition) is 4. The number of nitrogens with one attached hydrogen (secondary N) is 3. The number of carbonyl (C=O) groups excluding carboxylic acids is 3. The summed E-state index contributed by atoms with van der Waals surface area (Å²) in [6.45, 7) is 3.88. The average Bonchev–Trinajstić information content (AvgIpc) is 3.40. The predicted molar refractivity (Wildman–Crippen MR) is 141 cm³/mol. The first-order valence-corrected chi connectivity index (χ1v) is 12.8. The number of hydrazine groups is 1. The Labute approximate surface area is 233 Å². The van der Waals surface area contributed by atoms with E-state index >= 15 is 0 Å². The van der Waals surface area contributed by atoms with Crippen LogP contribution in [0.25, 0.3) is 0 Å². The number of rotatable bonds is 9. The second-order valence-corrected chi connectivity index (χ2v) is 9.83. The number of hydrogen-bond acceptors (Lipinski definition) is 5. The number of carboxylic acids is 1. The number of amides is 4. The highest BCUT2D eigenvalue weighted by Gasteiger charge is 2.32. The maximum Gasteiger partial charge on any atom is 0.416 e. The Bertz CT molecular complexity index is 1280. The molecule has 0 bridgehead atoms. The Morgan fingerprint density at radius 1 is 1.05 bits per heavy atom. The molecule has 40 heavy (non-hydrogen) atoms. The maximum atomic E-state index is 13.4. The van der Waals surface area contributed by atoms with Crippen LogP contribution in [0, 0.1) is 0 Å². The van der Waals surface area contributed by atoms with Crippen molar-refractivity contribution in [3.8, 4) is 0 Å². The van der Waals surface area contributed by atoms with Crippen LogP contribution >= 0.6 is 11.6 Å². The van der Waals surface area contributed by atoms with Crippen LogP contribution < -0.4 is 16.0 Å². The zero-order valence-corrected chi connectivity index (χ0v) is 22.5. The molecule has 0 saturated carbocycles. The van der Waals surface area contributed by atoms with E-state index in [4.69, 9.17) is 11.6 Å². The molecule has 0 atom stereocenters. The minimum absolute atomic E-state index is 0.0160. The van der Waals surface area contributed by atoms with Gasteiger partial charge >= 0.3 is 18.2 Å². The molecule has 4 N–H and O–H groups in total. The van der Waals surface area contributed by atoms with E-state index in [1.165, 1.54) is 17.1 Å². The van der Waals surface area contributed by atoms with E-state index in [0.717, 1.165) is 25.0 Å². The Hall–Kier alpha value is -3.84. The van der Waals surface area contributed by atoms with Gasteiger partial charge in [0.25, 0.3) is 11.8 Å². The van der Waals surface area contributed by atoms with Gasteiger partial charge in [-0.05, 0) is 62.6 Å². The van der Waals surface area contributed by atoms with Crippen LogP contribution in [0.15, 0.2) is 36.4 Å². The standard InChI is InChI=1S/C26H29ClF3N5O5/c1-15(2)32-25(40)33-21-8-6-17(26(28,29)30)12-19(21)23(37)31-13-22(36)35(34-9-3-4-10-34)14-16-5-7-20(27)18(11-16)24(38)39/h5-8,11-12,15H,3-4,9-10,13-14H2,1-2H3,(H,31,37)(H,38,39)(H2,32,33,40). The summed E-state index contributed by atoms with van der Waals surface area (Å²) >= 11 is 5.95. The molecular formula is C26H29ClF3N5O5. The summed E-state index contributed by atoms with van der Waals surface area (Å²) in [6.07, 6.45) is -3.12. The maximum absolute atomic E-state index is 13.4. The van der Waals surface area contributed by atoms with Crippen molar-refractivity contribution >= 4 is 41.1 Å². The number of aromatic carboxylic acids is 1. The number of nitrogens with zero attached hydrogens (tertiary/aromatic N) is 2. The van der Waals surface area contributed by atoms with Gasteiger partial charge in [-0.1, -0.05) is 17.7 Å². The Kier molecular flexibility index (Phi) is 9.98. The molecule has 2 aromatic rings. The van der Waals surface area contributed by atoms with Crippen molar-refractivity contribution in [2.45, 2.75) is 45.5 Å². The highest BCUT2D eigenvalue weighted by molar-refractivity contribution is 6.33. The van der Waals surface area contributed by atoms with Crippen molar-refractivity contribution in [1.29, 1.82) is 0 Å². The summed E-state index contributed by atoms with van der Waals surface area (Å²) in [6, 6.07) is 5.65. The fourth-order valence-electron chi connectivity index (χ4n) is 4.08. The highest BCUT2D eigenvalue weighted by Crippen LogP contribution is 2.32. The second-order valence-electron chi connectivity index (χ2n) is 9.43. The lowest BCUT2D eigenvalue weighted by Gasteiger charge is -2.32. The van der Waals surface area contributed by atoms with Gasteiger partial charge in [0.15, 0.2) is 0 Å². The highest BCUT2D eigenvalue weighted by atomic mass is 35.5. The van der Waals surface area contributed by atoms with Crippen molar-refractivity contribution in [3.63, 3.8) is 0 Å². The minimum atomic E-state index is -4.75. The van der Waals surface area contributed by atoms with Gasteiger partial charge in [-0.15, -0.1) is 0 Å². The molecule has 1 saturated heterocycles. The molecule has 4 amide bonds. The van der Waals surface area contributed by atoms with Crippen LogP contribution in [0.2, 0.25) is 5.02 Å². The van der Waals surface area contributed by atoms with Gasteiger partial charge in [0.2, 0.25) is 0 Å². The molecule has 0 unspecified atom stereocenters. The summed E-state index contributed by atoms with van der Waals surface area (Å²) in [5, 5.41) is 19.8. The number of halogens is 4. The smallest absolute Gasteiger partial charge is 0.416 e. The molecule has 1 aliphatic heterocycles. The fourth-order valence-corrected chi connectivity index (χ4v) is 4.27. The van der Waals surface area contributed by atoms with Gasteiger partial charge in [-0.3, -0.25) is 14.6 Å². The summed E-state index contributed by atoms with van der Waals surface area (Å²) in [5.41, 5.74) is -1.40. The van der Waals surface area contributed by atoms with E-state index in [2.05, 4.69) is 16.0 Å². The Balaban J connectivity index is 1.81. The van der Waals surface area contributed by atoms with Crippen molar-refractivity contribution < 1.29 is 37.5 Å². The lowest BCUT2D eigenvalue weighted by molar-refractivity contribution is -0.147. The summed E-state index contributed by atoms with van der Waals surface area (Å²) in [4.78, 5) is 49.9. The molecule has 216 valence electrons. The molecule has 14 heteroatoms. The van der Waals surface area contributed by atoms with Gasteiger partial charge in [0.1, 0.15) is 0 Å². The molecule has 0 aliphatic carbocycles. The van der Waals surface area contributed by atoms with Crippen LogP contribution in [0.3, 0.4) is 0 Å². The van der Waals surface area contributed by atoms with Gasteiger partial charge in [0.05, 0.1) is 40.5 Å². The number of alkyl halides is 3. The summed E-state index contributed by atoms with van der Waals surface area (Å²) in [7, 11) is 0. The van der Waals surface area contributed by atoms with Crippen molar-refractivity contribution in [3.05, 3.63) is 63.7 Å². The Morgan fingerprint density at radius 3 is 2.33 bits per heavy atom. The number of benzene rings is 2. The van der Waals surface area contributed by atoms with Crippen LogP contribution in [0.1, 0.15) is 58.5 Å². The minimum Gasteiger partial charge on any atom is -0.478 e. The lowest BCUT2D eigenvalue weighted by atomic mass is 10.1. The fraction of sp³-hybridized carbons (Fsp3) is 0.385. The number of carboxylic acid groups (broad SMARTS) is 1. The third-order valence-corrected chi connectivity index (χ3v) is 6.29. The molecule has 0 aromatic heterocycles. The first-order valence-electron chi connectivity index (χ1n) is 12.4. The molecular weight excluding hydrogens is 555 g/mol. The quantitative estimate of drug-likeness (QED) is 0.347. The summed E-state index contributed by atoms with van der Waals surface area (Å²) in [5.74, 6) is -2.80. The zero-order chi connectivity index (χ0) is 29.6. The normalized spacial score (nSPS) is 13.7. The van der Waals surface area contributed by atoms with Crippen LogP contribution in [0.5, 0.6) is 0 Å². The first kappa shape index (κ1) is 30.7. The number of urea groups is 1. The molecule has 1 fully saturated rings. The van der Waals surface area contributed by atoms with E-state index in [1.807, 2.05) is 0 Å². The van der Waals surface area contributed by atoms with Gasteiger partial charge in [0, 0.05) is 19.1 Å². The van der Waals surface area contributed by atoms with Gasteiger partial charge in [-0.25, -0.2) is 14.6 Å². The third kappa shape index (κ3) is 8.09. The molecule has 1 heterocycles. The number of carbonyl (C=O) groups is 4. The first-order chi connectivity index (χ1) is 18.8. The topological polar surface area (TPSA) is 131 Å². The Morgan fingerprint density at radius 2 is 1.73 bits per heavy atom. The molecule has 0 radical (unpaired) electrons. The van der Waals surface area contributed by atoms with Crippen LogP contribution in [-0.4, -0.2) is 64.6 Å². The number of anilines is 1. The van der Waals surface area contributed by atoms with E-state index in [1.54, 1.807) is 24.9 Å². The van der Waals surface area contributed by atoms with E-state index in [0.29, 0.717) is 24.7 Å². The van der Waals surface area contributed by atoms with Crippen LogP contribution in [-0.2, 0) is 17.5 Å². The van der Waals surface area contributed by atoms with Crippen molar-refractivity contribution in [2.75, 3.05) is 25.0 Å². The largest absolute Gasteiger partial charge is 0.478 e. The van der Waals surface area contributed by atoms with E-state index in [-0.39, 0.29) is 28.9 Å².